The van der Waals surface area contributed by atoms with E-state index in [4.69, 9.17) is 9.47 Å². The Morgan fingerprint density at radius 2 is 1.67 bits per heavy atom. The number of likely N-dealkylation sites (N-methyl/N-ethyl adjacent to an activating group) is 1. The molecular weight excluding hydrogens is 428 g/mol. The van der Waals surface area contributed by atoms with Crippen molar-refractivity contribution in [3.63, 3.8) is 0 Å². The van der Waals surface area contributed by atoms with Crippen molar-refractivity contribution in [3.05, 3.63) is 54.1 Å². The lowest BCUT2D eigenvalue weighted by atomic mass is 9.99. The molecule has 0 spiro atoms. The molecule has 33 heavy (non-hydrogen) atoms. The molecule has 0 radical (unpaired) electrons. The van der Waals surface area contributed by atoms with Gasteiger partial charge in [-0.25, -0.2) is 0 Å². The number of hydrogen-bond acceptors (Lipinski definition) is 8. The predicted octanol–water partition coefficient (Wildman–Crippen LogP) is -0.0801. The minimum absolute atomic E-state index is 0.0209. The summed E-state index contributed by atoms with van der Waals surface area (Å²) < 4.78 is 11.0. The molecule has 2 aromatic carbocycles. The number of carbonyl (C=O) groups excluding carboxylic acids is 1. The average molecular weight is 459 g/mol. The second kappa shape index (κ2) is 10.2. The molecule has 2 saturated heterocycles. The van der Waals surface area contributed by atoms with Crippen LogP contribution in [0.3, 0.4) is 0 Å². The number of benzene rings is 2. The van der Waals surface area contributed by atoms with E-state index in [0.717, 1.165) is 24.2 Å². The van der Waals surface area contributed by atoms with Crippen molar-refractivity contribution < 1.29 is 34.7 Å². The Balaban J connectivity index is 1.44. The van der Waals surface area contributed by atoms with Gasteiger partial charge in [0.2, 0.25) is 6.29 Å². The Kier molecular flexibility index (Phi) is 7.28. The van der Waals surface area contributed by atoms with Crippen molar-refractivity contribution >= 4 is 5.91 Å². The zero-order valence-electron chi connectivity index (χ0n) is 18.4. The highest BCUT2D eigenvalue weighted by Gasteiger charge is 2.44. The molecule has 0 bridgehead atoms. The Morgan fingerprint density at radius 1 is 0.970 bits per heavy atom. The smallest absolute Gasteiger partial charge is 0.253 e. The highest BCUT2D eigenvalue weighted by Crippen LogP contribution is 2.27. The SMILES string of the molecule is CN1CCN(C(=O)c2cccc(-c3ccc(O[C@@H]4O[C@H](CO)[C@@H](O)[C@H](O)C4O)cc3)c2)CC1. The molecule has 4 N–H and O–H groups in total. The van der Waals surface area contributed by atoms with Crippen LogP contribution in [0.5, 0.6) is 5.75 Å². The van der Waals surface area contributed by atoms with Crippen LogP contribution in [0.25, 0.3) is 11.1 Å². The van der Waals surface area contributed by atoms with Gasteiger partial charge in [0, 0.05) is 31.7 Å². The van der Waals surface area contributed by atoms with Crippen molar-refractivity contribution in [1.29, 1.82) is 0 Å². The zero-order valence-corrected chi connectivity index (χ0v) is 18.4. The van der Waals surface area contributed by atoms with Gasteiger partial charge in [0.1, 0.15) is 30.2 Å². The number of aliphatic hydroxyl groups is 4. The molecule has 0 aromatic heterocycles. The fourth-order valence-electron chi connectivity index (χ4n) is 4.05. The highest BCUT2D eigenvalue weighted by molar-refractivity contribution is 5.95. The Bertz CT molecular complexity index is 944. The Hall–Kier alpha value is -2.53. The number of hydrogen-bond donors (Lipinski definition) is 4. The van der Waals surface area contributed by atoms with Crippen LogP contribution < -0.4 is 4.74 Å². The fourth-order valence-corrected chi connectivity index (χ4v) is 4.05. The van der Waals surface area contributed by atoms with E-state index in [2.05, 4.69) is 4.90 Å². The maximum Gasteiger partial charge on any atom is 0.253 e. The molecule has 5 atom stereocenters. The average Bonchev–Trinajstić information content (AvgIpc) is 2.85. The van der Waals surface area contributed by atoms with Crippen LogP contribution in [0.15, 0.2) is 48.5 Å². The lowest BCUT2D eigenvalue weighted by Crippen LogP contribution is -2.60. The summed E-state index contributed by atoms with van der Waals surface area (Å²) in [5.41, 5.74) is 2.40. The van der Waals surface area contributed by atoms with E-state index in [1.807, 2.05) is 48.3 Å². The topological polar surface area (TPSA) is 123 Å². The Labute approximate surface area is 192 Å². The summed E-state index contributed by atoms with van der Waals surface area (Å²) in [7, 11) is 2.05. The summed E-state index contributed by atoms with van der Waals surface area (Å²) in [4.78, 5) is 17.0. The molecule has 2 heterocycles. The standard InChI is InChI=1S/C24H30N2O7/c1-25-9-11-26(12-10-25)23(31)17-4-2-3-16(13-17)15-5-7-18(8-6-15)32-24-22(30)21(29)20(28)19(14-27)33-24/h2-8,13,19-22,24,27-30H,9-12,14H2,1H3/t19-,20-,21+,22?,24-/m1/s1. The molecule has 2 aliphatic heterocycles. The van der Waals surface area contributed by atoms with Crippen LogP contribution in [0.4, 0.5) is 0 Å². The molecule has 0 saturated carbocycles. The van der Waals surface area contributed by atoms with Crippen molar-refractivity contribution in [2.75, 3.05) is 39.8 Å². The summed E-state index contributed by atoms with van der Waals surface area (Å²) in [5, 5.41) is 39.2. The molecule has 2 aliphatic rings. The van der Waals surface area contributed by atoms with Gasteiger partial charge >= 0.3 is 0 Å². The van der Waals surface area contributed by atoms with E-state index >= 15 is 0 Å². The quantitative estimate of drug-likeness (QED) is 0.491. The van der Waals surface area contributed by atoms with Gasteiger partial charge in [0.05, 0.1) is 6.61 Å². The van der Waals surface area contributed by atoms with E-state index in [1.54, 1.807) is 12.1 Å². The maximum absolute atomic E-state index is 12.9. The van der Waals surface area contributed by atoms with E-state index < -0.39 is 37.3 Å². The van der Waals surface area contributed by atoms with Crippen LogP contribution in [-0.4, -0.2) is 107 Å². The summed E-state index contributed by atoms with van der Waals surface area (Å²) in [6, 6.07) is 14.5. The molecule has 1 amide bonds. The van der Waals surface area contributed by atoms with E-state index in [-0.39, 0.29) is 5.91 Å². The first-order valence-electron chi connectivity index (χ1n) is 11.0. The van der Waals surface area contributed by atoms with Gasteiger partial charge in [-0.15, -0.1) is 0 Å². The first kappa shape index (κ1) is 23.6. The van der Waals surface area contributed by atoms with Crippen LogP contribution in [0.1, 0.15) is 10.4 Å². The summed E-state index contributed by atoms with van der Waals surface area (Å²) in [6.45, 7) is 2.63. The van der Waals surface area contributed by atoms with E-state index in [1.165, 1.54) is 0 Å². The van der Waals surface area contributed by atoms with Crippen molar-refractivity contribution in [2.24, 2.45) is 0 Å². The van der Waals surface area contributed by atoms with E-state index in [0.29, 0.717) is 24.4 Å². The number of ether oxygens (including phenoxy) is 2. The van der Waals surface area contributed by atoms with Crippen molar-refractivity contribution in [2.45, 2.75) is 30.7 Å². The first-order chi connectivity index (χ1) is 15.9. The molecule has 2 fully saturated rings. The summed E-state index contributed by atoms with van der Waals surface area (Å²) in [6.07, 6.45) is -6.68. The summed E-state index contributed by atoms with van der Waals surface area (Å²) in [5.74, 6) is 0.403. The van der Waals surface area contributed by atoms with Gasteiger partial charge in [0.25, 0.3) is 5.91 Å². The third-order valence-corrected chi connectivity index (χ3v) is 6.19. The zero-order chi connectivity index (χ0) is 23.5. The molecule has 2 aromatic rings. The second-order valence-electron chi connectivity index (χ2n) is 8.52. The van der Waals surface area contributed by atoms with Crippen molar-refractivity contribution in [1.82, 2.24) is 9.80 Å². The van der Waals surface area contributed by atoms with Crippen LogP contribution in [-0.2, 0) is 4.74 Å². The molecule has 9 heteroatoms. The van der Waals surface area contributed by atoms with Gasteiger partial charge < -0.3 is 39.7 Å². The number of carbonyl (C=O) groups is 1. The maximum atomic E-state index is 12.9. The number of aliphatic hydroxyl groups excluding tert-OH is 4. The van der Waals surface area contributed by atoms with Crippen molar-refractivity contribution in [3.8, 4) is 16.9 Å². The van der Waals surface area contributed by atoms with Gasteiger partial charge in [-0.3, -0.25) is 4.79 Å². The number of amides is 1. The van der Waals surface area contributed by atoms with Gasteiger partial charge in [0.15, 0.2) is 0 Å². The molecule has 4 rings (SSSR count). The summed E-state index contributed by atoms with van der Waals surface area (Å²) >= 11 is 0. The largest absolute Gasteiger partial charge is 0.462 e. The third kappa shape index (κ3) is 5.19. The molecule has 9 nitrogen and oxygen atoms in total. The minimum atomic E-state index is -1.50. The number of piperazine rings is 1. The lowest BCUT2D eigenvalue weighted by Gasteiger charge is -2.39. The van der Waals surface area contributed by atoms with Crippen LogP contribution in [0.2, 0.25) is 0 Å². The number of nitrogens with zero attached hydrogens (tertiary/aromatic N) is 2. The van der Waals surface area contributed by atoms with Gasteiger partial charge in [-0.1, -0.05) is 24.3 Å². The highest BCUT2D eigenvalue weighted by atomic mass is 16.7. The molecular formula is C24H30N2O7. The van der Waals surface area contributed by atoms with Gasteiger partial charge in [-0.2, -0.15) is 0 Å². The van der Waals surface area contributed by atoms with Crippen LogP contribution in [0, 0.1) is 0 Å². The molecule has 0 aliphatic carbocycles. The molecule has 1 unspecified atom stereocenters. The molecule has 178 valence electrons. The van der Waals surface area contributed by atoms with Crippen LogP contribution >= 0.6 is 0 Å². The third-order valence-electron chi connectivity index (χ3n) is 6.19. The normalized spacial score (nSPS) is 28.5. The lowest BCUT2D eigenvalue weighted by molar-refractivity contribution is -0.277. The fraction of sp³-hybridized carbons (Fsp3) is 0.458. The minimum Gasteiger partial charge on any atom is -0.462 e. The number of rotatable bonds is 5. The van der Waals surface area contributed by atoms with E-state index in [9.17, 15) is 25.2 Å². The Morgan fingerprint density at radius 3 is 2.33 bits per heavy atom. The predicted molar refractivity (Wildman–Crippen MR) is 120 cm³/mol. The van der Waals surface area contributed by atoms with Gasteiger partial charge in [-0.05, 0) is 42.4 Å². The first-order valence-corrected chi connectivity index (χ1v) is 11.0. The second-order valence-corrected chi connectivity index (χ2v) is 8.52. The monoisotopic (exact) mass is 458 g/mol.